The van der Waals surface area contributed by atoms with E-state index < -0.39 is 22.7 Å². The van der Waals surface area contributed by atoms with Crippen LogP contribution in [0.5, 0.6) is 11.8 Å². The Bertz CT molecular complexity index is 2090. The second-order valence-corrected chi connectivity index (χ2v) is 14.1. The van der Waals surface area contributed by atoms with Crippen LogP contribution in [0.1, 0.15) is 52.0 Å². The third-order valence-electron chi connectivity index (χ3n) is 9.38. The largest absolute Gasteiger partial charge is 0.468 e. The van der Waals surface area contributed by atoms with Gasteiger partial charge < -0.3 is 23.8 Å². The molecule has 2 aliphatic heterocycles. The van der Waals surface area contributed by atoms with Crippen LogP contribution >= 0.6 is 0 Å². The molecular weight excluding hydrogens is 646 g/mol. The van der Waals surface area contributed by atoms with Crippen LogP contribution in [0.4, 0.5) is 19.4 Å². The van der Waals surface area contributed by atoms with Crippen LogP contribution in [0.2, 0.25) is 0 Å². The molecule has 1 aliphatic carbocycles. The smallest absolute Gasteiger partial charge is 0.410 e. The molecule has 13 heteroatoms. The van der Waals surface area contributed by atoms with E-state index >= 15 is 8.78 Å². The van der Waals surface area contributed by atoms with Crippen molar-refractivity contribution in [3.05, 3.63) is 47.7 Å². The molecule has 7 rings (SSSR count). The van der Waals surface area contributed by atoms with Crippen LogP contribution in [0.25, 0.3) is 32.9 Å². The van der Waals surface area contributed by atoms with Crippen molar-refractivity contribution in [2.45, 2.75) is 64.1 Å². The molecule has 4 aromatic rings. The second-order valence-electron chi connectivity index (χ2n) is 14.1. The summed E-state index contributed by atoms with van der Waals surface area (Å²) in [6.07, 6.45) is 9.79. The fraction of sp³-hybridized carbons (Fsp3) is 0.432. The van der Waals surface area contributed by atoms with Gasteiger partial charge in [0, 0.05) is 37.3 Å². The highest BCUT2D eigenvalue weighted by Crippen LogP contribution is 2.45. The number of amides is 1. The number of carbonyl (C=O) groups is 1. The highest BCUT2D eigenvalue weighted by Gasteiger charge is 2.46. The fourth-order valence-corrected chi connectivity index (χ4v) is 6.80. The second kappa shape index (κ2) is 12.6. The van der Waals surface area contributed by atoms with E-state index in [4.69, 9.17) is 30.4 Å². The molecule has 2 aromatic heterocycles. The molecule has 0 spiro atoms. The Labute approximate surface area is 288 Å². The SMILES string of the molecule is C#Cc1c(F)ccc2cc(OCOC)cc(-c3ncc4c(N5CC6CCC(C5)N6C(=O)OC(C)(C)C)nc(OCC5(C#N)CC5)nc4c3F)c12. The van der Waals surface area contributed by atoms with Gasteiger partial charge in [-0.15, -0.1) is 6.42 Å². The van der Waals surface area contributed by atoms with Crippen LogP contribution in [-0.2, 0) is 9.47 Å². The topological polar surface area (TPSA) is 123 Å². The molecule has 2 saturated heterocycles. The minimum Gasteiger partial charge on any atom is -0.468 e. The summed E-state index contributed by atoms with van der Waals surface area (Å²) in [5.74, 6) is 1.69. The molecule has 0 radical (unpaired) electrons. The van der Waals surface area contributed by atoms with Gasteiger partial charge in [-0.2, -0.15) is 15.2 Å². The number of carbonyl (C=O) groups excluding carboxylic acids is 1. The summed E-state index contributed by atoms with van der Waals surface area (Å²) in [5.41, 5.74) is -1.32. The van der Waals surface area contributed by atoms with Gasteiger partial charge in [0.1, 0.15) is 40.8 Å². The number of benzene rings is 2. The molecule has 3 aliphatic rings. The van der Waals surface area contributed by atoms with E-state index in [2.05, 4.69) is 22.0 Å². The lowest BCUT2D eigenvalue weighted by molar-refractivity contribution is 0.0122. The molecule has 50 heavy (non-hydrogen) atoms. The van der Waals surface area contributed by atoms with Crippen LogP contribution in [0.3, 0.4) is 0 Å². The molecule has 11 nitrogen and oxygen atoms in total. The predicted octanol–water partition coefficient (Wildman–Crippen LogP) is 6.36. The summed E-state index contributed by atoms with van der Waals surface area (Å²) in [7, 11) is 1.47. The maximum atomic E-state index is 17.0. The average Bonchev–Trinajstić information content (AvgIpc) is 3.82. The number of halogens is 2. The van der Waals surface area contributed by atoms with Gasteiger partial charge in [-0.05, 0) is 70.0 Å². The number of ether oxygens (including phenoxy) is 4. The number of nitrogens with zero attached hydrogens (tertiary/aromatic N) is 6. The average molecular weight is 683 g/mol. The summed E-state index contributed by atoms with van der Waals surface area (Å²) < 4.78 is 54.5. The highest BCUT2D eigenvalue weighted by atomic mass is 19.1. The first kappa shape index (κ1) is 33.2. The van der Waals surface area contributed by atoms with Crippen LogP contribution < -0.4 is 14.4 Å². The molecule has 2 atom stereocenters. The van der Waals surface area contributed by atoms with Gasteiger partial charge in [0.2, 0.25) is 0 Å². The van der Waals surface area contributed by atoms with Crippen molar-refractivity contribution < 1.29 is 32.5 Å². The van der Waals surface area contributed by atoms with Crippen molar-refractivity contribution in [2.75, 3.05) is 38.5 Å². The van der Waals surface area contributed by atoms with Gasteiger partial charge in [-0.1, -0.05) is 12.0 Å². The third-order valence-corrected chi connectivity index (χ3v) is 9.38. The molecule has 1 amide bonds. The zero-order valence-electron chi connectivity index (χ0n) is 28.3. The number of methoxy groups -OCH3 is 1. The standard InChI is InChI=1S/C37H36F2N6O5/c1-6-25-28(38)10-7-21-13-24(49-20-47-5)14-26(29(21)25)31-30(39)32-27(15-41-31)33(43-34(42-32)48-19-37(18-40)11-12-37)44-16-22-8-9-23(17-44)45(22)35(46)50-36(2,3)4/h1,7,10,13-15,22-23H,8-9,11-12,16-17,19-20H2,2-5H3. The summed E-state index contributed by atoms with van der Waals surface area (Å²) >= 11 is 0. The maximum Gasteiger partial charge on any atom is 0.410 e. The van der Waals surface area contributed by atoms with Crippen molar-refractivity contribution in [3.63, 3.8) is 0 Å². The van der Waals surface area contributed by atoms with E-state index in [1.54, 1.807) is 11.0 Å². The minimum atomic E-state index is -0.801. The Morgan fingerprint density at radius 2 is 1.86 bits per heavy atom. The Balaban J connectivity index is 1.35. The zero-order valence-corrected chi connectivity index (χ0v) is 28.3. The number of piperazine rings is 1. The minimum absolute atomic E-state index is 0.0472. The van der Waals surface area contributed by atoms with Gasteiger partial charge in [0.05, 0.1) is 34.5 Å². The number of hydrogen-bond acceptors (Lipinski definition) is 10. The quantitative estimate of drug-likeness (QED) is 0.153. The first-order valence-electron chi connectivity index (χ1n) is 16.5. The predicted molar refractivity (Wildman–Crippen MR) is 181 cm³/mol. The number of rotatable bonds is 8. The summed E-state index contributed by atoms with van der Waals surface area (Å²) in [5, 5.41) is 10.8. The Morgan fingerprint density at radius 1 is 1.12 bits per heavy atom. The van der Waals surface area contributed by atoms with Crippen molar-refractivity contribution in [1.29, 1.82) is 5.26 Å². The van der Waals surface area contributed by atoms with E-state index in [9.17, 15) is 10.1 Å². The van der Waals surface area contributed by atoms with E-state index in [1.165, 1.54) is 31.5 Å². The lowest BCUT2D eigenvalue weighted by atomic mass is 9.95. The Kier molecular flexibility index (Phi) is 8.35. The van der Waals surface area contributed by atoms with Crippen LogP contribution in [0, 0.1) is 40.7 Å². The zero-order chi connectivity index (χ0) is 35.4. The third kappa shape index (κ3) is 6.07. The fourth-order valence-electron chi connectivity index (χ4n) is 6.80. The molecule has 3 fully saturated rings. The molecule has 258 valence electrons. The molecule has 4 heterocycles. The van der Waals surface area contributed by atoms with Crippen molar-refractivity contribution >= 4 is 33.6 Å². The van der Waals surface area contributed by atoms with E-state index in [0.717, 1.165) is 12.8 Å². The number of terminal acetylenes is 1. The number of anilines is 1. The number of hydrogen-bond donors (Lipinski definition) is 0. The van der Waals surface area contributed by atoms with E-state index in [0.29, 0.717) is 48.3 Å². The van der Waals surface area contributed by atoms with Crippen LogP contribution in [-0.4, -0.2) is 77.2 Å². The lowest BCUT2D eigenvalue weighted by Crippen LogP contribution is -2.57. The first-order valence-corrected chi connectivity index (χ1v) is 16.5. The van der Waals surface area contributed by atoms with Gasteiger partial charge >= 0.3 is 12.1 Å². The number of fused-ring (bicyclic) bond motifs is 4. The molecule has 2 bridgehead atoms. The maximum absolute atomic E-state index is 17.0. The number of pyridine rings is 1. The number of aromatic nitrogens is 3. The summed E-state index contributed by atoms with van der Waals surface area (Å²) in [6.45, 7) is 6.32. The summed E-state index contributed by atoms with van der Waals surface area (Å²) in [6, 6.07) is 7.88. The Morgan fingerprint density at radius 3 is 2.50 bits per heavy atom. The highest BCUT2D eigenvalue weighted by molar-refractivity contribution is 6.03. The van der Waals surface area contributed by atoms with E-state index in [1.807, 2.05) is 25.7 Å². The molecular formula is C37H36F2N6O5. The Hall–Kier alpha value is -5.27. The number of nitriles is 1. The van der Waals surface area contributed by atoms with Gasteiger partial charge in [-0.25, -0.2) is 13.6 Å². The monoisotopic (exact) mass is 682 g/mol. The molecule has 2 aromatic carbocycles. The molecule has 1 saturated carbocycles. The summed E-state index contributed by atoms with van der Waals surface area (Å²) in [4.78, 5) is 30.7. The van der Waals surface area contributed by atoms with Gasteiger partial charge in [0.15, 0.2) is 12.6 Å². The van der Waals surface area contributed by atoms with Crippen molar-refractivity contribution in [3.8, 4) is 41.4 Å². The van der Waals surface area contributed by atoms with Crippen molar-refractivity contribution in [2.24, 2.45) is 5.41 Å². The van der Waals surface area contributed by atoms with Crippen LogP contribution in [0.15, 0.2) is 30.5 Å². The van der Waals surface area contributed by atoms with Gasteiger partial charge in [0.25, 0.3) is 0 Å². The van der Waals surface area contributed by atoms with Gasteiger partial charge in [-0.3, -0.25) is 9.88 Å². The van der Waals surface area contributed by atoms with Crippen molar-refractivity contribution in [1.82, 2.24) is 19.9 Å². The molecule has 2 unspecified atom stereocenters. The normalized spacial score (nSPS) is 19.3. The molecule has 0 N–H and O–H groups in total. The van der Waals surface area contributed by atoms with E-state index in [-0.39, 0.29) is 65.3 Å². The first-order chi connectivity index (χ1) is 23.9. The lowest BCUT2D eigenvalue weighted by Gasteiger charge is -2.42.